The number of carbonyl (C=O) groups is 1. The number of esters is 1. The Morgan fingerprint density at radius 1 is 0.793 bits per heavy atom. The molecule has 0 radical (unpaired) electrons. The Morgan fingerprint density at radius 2 is 1.34 bits per heavy atom. The van der Waals surface area contributed by atoms with Gasteiger partial charge in [0.1, 0.15) is 5.75 Å². The van der Waals surface area contributed by atoms with Crippen molar-refractivity contribution in [1.82, 2.24) is 0 Å². The number of unbranched alkanes of at least 4 members (excludes halogenated alkanes) is 9. The van der Waals surface area contributed by atoms with Gasteiger partial charge in [-0.2, -0.15) is 5.26 Å². The Labute approximate surface area is 175 Å². The van der Waals surface area contributed by atoms with E-state index in [1.54, 1.807) is 24.3 Å². The molecule has 0 aromatic heterocycles. The third-order valence-corrected chi connectivity index (χ3v) is 5.20. The second-order valence-electron chi connectivity index (χ2n) is 7.65. The fourth-order valence-corrected chi connectivity index (χ4v) is 3.39. The van der Waals surface area contributed by atoms with Gasteiger partial charge in [0.25, 0.3) is 0 Å². The van der Waals surface area contributed by atoms with E-state index in [0.29, 0.717) is 16.9 Å². The van der Waals surface area contributed by atoms with Gasteiger partial charge in [0.2, 0.25) is 0 Å². The van der Waals surface area contributed by atoms with E-state index >= 15 is 0 Å². The minimum absolute atomic E-state index is 0.406. The van der Waals surface area contributed by atoms with Crippen molar-refractivity contribution in [3.8, 4) is 11.8 Å². The smallest absolute Gasteiger partial charge is 0.343 e. The largest absolute Gasteiger partial charge is 0.423 e. The summed E-state index contributed by atoms with van der Waals surface area (Å²) in [6.45, 7) is 2.26. The quantitative estimate of drug-likeness (QED) is 0.205. The van der Waals surface area contributed by atoms with Gasteiger partial charge in [0.15, 0.2) is 0 Å². The molecular formula is C26H33NO2. The van der Waals surface area contributed by atoms with Crippen molar-refractivity contribution in [2.24, 2.45) is 0 Å². The van der Waals surface area contributed by atoms with Crippen LogP contribution in [0.15, 0.2) is 48.5 Å². The highest BCUT2D eigenvalue weighted by Crippen LogP contribution is 2.17. The summed E-state index contributed by atoms with van der Waals surface area (Å²) in [7, 11) is 0. The maximum Gasteiger partial charge on any atom is 0.343 e. The molecule has 154 valence electrons. The van der Waals surface area contributed by atoms with Gasteiger partial charge in [-0.25, -0.2) is 4.79 Å². The molecule has 2 rings (SSSR count). The number of aryl methyl sites for hydroxylation is 1. The molecule has 0 heterocycles. The Kier molecular flexibility index (Phi) is 10.6. The molecule has 0 saturated heterocycles. The average Bonchev–Trinajstić information content (AvgIpc) is 2.76. The van der Waals surface area contributed by atoms with Gasteiger partial charge in [0, 0.05) is 0 Å². The highest BCUT2D eigenvalue weighted by molar-refractivity contribution is 5.91. The second-order valence-corrected chi connectivity index (χ2v) is 7.65. The van der Waals surface area contributed by atoms with E-state index in [1.807, 2.05) is 30.3 Å². The van der Waals surface area contributed by atoms with Crippen LogP contribution in [-0.4, -0.2) is 5.97 Å². The minimum Gasteiger partial charge on any atom is -0.423 e. The van der Waals surface area contributed by atoms with E-state index in [4.69, 9.17) is 10.00 Å². The zero-order valence-corrected chi connectivity index (χ0v) is 17.7. The van der Waals surface area contributed by atoms with Crippen LogP contribution in [0.5, 0.6) is 5.75 Å². The summed E-state index contributed by atoms with van der Waals surface area (Å²) < 4.78 is 5.41. The van der Waals surface area contributed by atoms with Crippen LogP contribution in [0.3, 0.4) is 0 Å². The van der Waals surface area contributed by atoms with Crippen LogP contribution >= 0.6 is 0 Å². The summed E-state index contributed by atoms with van der Waals surface area (Å²) in [6.07, 6.45) is 14.5. The maximum absolute atomic E-state index is 12.2. The van der Waals surface area contributed by atoms with Gasteiger partial charge in [-0.3, -0.25) is 0 Å². The summed E-state index contributed by atoms with van der Waals surface area (Å²) in [5, 5.41) is 8.81. The van der Waals surface area contributed by atoms with Gasteiger partial charge in [-0.1, -0.05) is 76.8 Å². The number of benzene rings is 2. The van der Waals surface area contributed by atoms with Gasteiger partial charge < -0.3 is 4.74 Å². The molecule has 29 heavy (non-hydrogen) atoms. The van der Waals surface area contributed by atoms with E-state index < -0.39 is 5.97 Å². The summed E-state index contributed by atoms with van der Waals surface area (Å²) in [5.74, 6) is 0.142. The standard InChI is InChI=1S/C26H33NO2/c1-2-3-4-5-6-7-8-9-10-11-12-22-15-19-25(20-16-22)29-26(28)24-17-13-23(21-27)14-18-24/h13-20H,2-12H2,1H3. The van der Waals surface area contributed by atoms with Crippen LogP contribution < -0.4 is 4.74 Å². The number of hydrogen-bond acceptors (Lipinski definition) is 3. The minimum atomic E-state index is -0.406. The molecule has 0 atom stereocenters. The number of carbonyl (C=O) groups excluding carboxylic acids is 1. The lowest BCUT2D eigenvalue weighted by Crippen LogP contribution is -2.08. The molecule has 0 aliphatic carbocycles. The zero-order valence-electron chi connectivity index (χ0n) is 17.7. The van der Waals surface area contributed by atoms with E-state index in [0.717, 1.165) is 6.42 Å². The third-order valence-electron chi connectivity index (χ3n) is 5.20. The molecule has 0 amide bonds. The number of rotatable bonds is 13. The van der Waals surface area contributed by atoms with Crippen LogP contribution in [0.1, 0.15) is 92.6 Å². The topological polar surface area (TPSA) is 50.1 Å². The molecule has 0 fully saturated rings. The fraction of sp³-hybridized carbons (Fsp3) is 0.462. The van der Waals surface area contributed by atoms with E-state index in [2.05, 4.69) is 6.92 Å². The average molecular weight is 392 g/mol. The summed E-state index contributed by atoms with van der Waals surface area (Å²) >= 11 is 0. The first-order valence-electron chi connectivity index (χ1n) is 11.0. The Bertz CT molecular complexity index is 757. The first kappa shape index (κ1) is 22.7. The molecule has 0 spiro atoms. The lowest BCUT2D eigenvalue weighted by molar-refractivity contribution is 0.0734. The molecule has 2 aromatic carbocycles. The molecule has 2 aromatic rings. The predicted octanol–water partition coefficient (Wildman–Crippen LogP) is 7.24. The van der Waals surface area contributed by atoms with Crippen molar-refractivity contribution >= 4 is 5.97 Å². The predicted molar refractivity (Wildman–Crippen MR) is 118 cm³/mol. The highest BCUT2D eigenvalue weighted by Gasteiger charge is 2.08. The van der Waals surface area contributed by atoms with E-state index in [9.17, 15) is 4.79 Å². The highest BCUT2D eigenvalue weighted by atomic mass is 16.5. The van der Waals surface area contributed by atoms with E-state index in [1.165, 1.54) is 69.8 Å². The molecular weight excluding hydrogens is 358 g/mol. The monoisotopic (exact) mass is 391 g/mol. The van der Waals surface area contributed by atoms with Crippen LogP contribution in [0.25, 0.3) is 0 Å². The summed E-state index contributed by atoms with van der Waals surface area (Å²) in [6, 6.07) is 16.3. The maximum atomic E-state index is 12.2. The van der Waals surface area contributed by atoms with Crippen molar-refractivity contribution < 1.29 is 9.53 Å². The molecule has 0 unspecified atom stereocenters. The number of hydrogen-bond donors (Lipinski definition) is 0. The lowest BCUT2D eigenvalue weighted by atomic mass is 10.0. The lowest BCUT2D eigenvalue weighted by Gasteiger charge is -2.06. The van der Waals surface area contributed by atoms with Gasteiger partial charge >= 0.3 is 5.97 Å². The van der Waals surface area contributed by atoms with Crippen molar-refractivity contribution in [3.05, 3.63) is 65.2 Å². The van der Waals surface area contributed by atoms with Crippen molar-refractivity contribution in [1.29, 1.82) is 5.26 Å². The molecule has 0 saturated carbocycles. The normalized spacial score (nSPS) is 10.5. The summed E-state index contributed by atoms with van der Waals surface area (Å²) in [5.41, 5.74) is 2.25. The SMILES string of the molecule is CCCCCCCCCCCCc1ccc(OC(=O)c2ccc(C#N)cc2)cc1. The Balaban J connectivity index is 1.62. The fourth-order valence-electron chi connectivity index (χ4n) is 3.39. The van der Waals surface area contributed by atoms with Crippen molar-refractivity contribution in [2.75, 3.05) is 0 Å². The Hall–Kier alpha value is -2.60. The molecule has 0 aliphatic rings. The van der Waals surface area contributed by atoms with E-state index in [-0.39, 0.29) is 0 Å². The molecule has 0 aliphatic heterocycles. The van der Waals surface area contributed by atoms with Crippen LogP contribution in [0.4, 0.5) is 0 Å². The first-order chi connectivity index (χ1) is 14.2. The molecule has 0 N–H and O–H groups in total. The van der Waals surface area contributed by atoms with Crippen LogP contribution in [0.2, 0.25) is 0 Å². The number of ether oxygens (including phenoxy) is 1. The molecule has 3 nitrogen and oxygen atoms in total. The first-order valence-corrected chi connectivity index (χ1v) is 11.0. The van der Waals surface area contributed by atoms with Crippen LogP contribution in [-0.2, 0) is 6.42 Å². The second kappa shape index (κ2) is 13.6. The molecule has 3 heteroatoms. The van der Waals surface area contributed by atoms with Crippen LogP contribution in [0, 0.1) is 11.3 Å². The molecule has 0 bridgehead atoms. The van der Waals surface area contributed by atoms with Gasteiger partial charge in [-0.15, -0.1) is 0 Å². The Morgan fingerprint density at radius 3 is 1.90 bits per heavy atom. The number of nitrogens with zero attached hydrogens (tertiary/aromatic N) is 1. The van der Waals surface area contributed by atoms with Crippen molar-refractivity contribution in [2.45, 2.75) is 77.6 Å². The summed E-state index contributed by atoms with van der Waals surface area (Å²) in [4.78, 5) is 12.2. The van der Waals surface area contributed by atoms with Gasteiger partial charge in [0.05, 0.1) is 17.2 Å². The van der Waals surface area contributed by atoms with Gasteiger partial charge in [-0.05, 0) is 54.8 Å². The third kappa shape index (κ3) is 8.96. The zero-order chi connectivity index (χ0) is 20.7. The van der Waals surface area contributed by atoms with Crippen molar-refractivity contribution in [3.63, 3.8) is 0 Å². The number of nitriles is 1.